The Morgan fingerprint density at radius 1 is 1.35 bits per heavy atom. The number of rotatable bonds is 7. The molecule has 1 unspecified atom stereocenters. The van der Waals surface area contributed by atoms with E-state index in [-0.39, 0.29) is 11.9 Å². The van der Waals surface area contributed by atoms with Crippen LogP contribution in [0.4, 0.5) is 0 Å². The Kier molecular flexibility index (Phi) is 5.56. The molecule has 1 aliphatic rings. The second-order valence-corrected chi connectivity index (χ2v) is 5.63. The molecule has 20 heavy (non-hydrogen) atoms. The summed E-state index contributed by atoms with van der Waals surface area (Å²) in [5.41, 5.74) is 1.04. The molecule has 1 atom stereocenters. The van der Waals surface area contributed by atoms with Crippen LogP contribution in [0.1, 0.15) is 31.9 Å². The van der Waals surface area contributed by atoms with Gasteiger partial charge in [0.1, 0.15) is 6.04 Å². The van der Waals surface area contributed by atoms with E-state index in [1.165, 1.54) is 0 Å². The van der Waals surface area contributed by atoms with Crippen molar-refractivity contribution in [3.8, 4) is 0 Å². The van der Waals surface area contributed by atoms with Crippen LogP contribution in [-0.2, 0) is 9.53 Å². The lowest BCUT2D eigenvalue weighted by molar-refractivity contribution is -0.129. The summed E-state index contributed by atoms with van der Waals surface area (Å²) < 4.78 is 5.54. The highest BCUT2D eigenvalue weighted by atomic mass is 16.5. The maximum Gasteiger partial charge on any atom is 0.245 e. The summed E-state index contributed by atoms with van der Waals surface area (Å²) >= 11 is 0. The zero-order chi connectivity index (χ0) is 14.4. The molecule has 0 aliphatic carbocycles. The van der Waals surface area contributed by atoms with Crippen LogP contribution < -0.4 is 5.32 Å². The quantitative estimate of drug-likeness (QED) is 0.776. The molecule has 2 rings (SSSR count). The molecule has 0 bridgehead atoms. The Hall–Kier alpha value is -1.39. The molecule has 1 heterocycles. The molecule has 1 amide bonds. The van der Waals surface area contributed by atoms with Crippen LogP contribution in [0.2, 0.25) is 0 Å². The van der Waals surface area contributed by atoms with E-state index in [0.717, 1.165) is 31.7 Å². The van der Waals surface area contributed by atoms with Gasteiger partial charge in [0.25, 0.3) is 0 Å². The van der Waals surface area contributed by atoms with Gasteiger partial charge >= 0.3 is 0 Å². The maximum absolute atomic E-state index is 12.3. The Labute approximate surface area is 121 Å². The minimum Gasteiger partial charge on any atom is -0.381 e. The SMILES string of the molecule is CC(C)COCCCN1CNC(c2ccccc2)C1=O. The van der Waals surface area contributed by atoms with Gasteiger partial charge < -0.3 is 9.64 Å². The number of carbonyl (C=O) groups excluding carboxylic acids is 1. The van der Waals surface area contributed by atoms with E-state index in [1.807, 2.05) is 35.2 Å². The monoisotopic (exact) mass is 276 g/mol. The van der Waals surface area contributed by atoms with Gasteiger partial charge in [-0.15, -0.1) is 0 Å². The molecular formula is C16H24N2O2. The number of hydrogen-bond acceptors (Lipinski definition) is 3. The van der Waals surface area contributed by atoms with Crippen LogP contribution in [0.25, 0.3) is 0 Å². The molecule has 4 nitrogen and oxygen atoms in total. The number of amides is 1. The van der Waals surface area contributed by atoms with Crippen molar-refractivity contribution < 1.29 is 9.53 Å². The molecule has 110 valence electrons. The van der Waals surface area contributed by atoms with Gasteiger partial charge in [-0.25, -0.2) is 0 Å². The molecule has 1 aliphatic heterocycles. The summed E-state index contributed by atoms with van der Waals surface area (Å²) in [7, 11) is 0. The summed E-state index contributed by atoms with van der Waals surface area (Å²) in [6.07, 6.45) is 0.891. The summed E-state index contributed by atoms with van der Waals surface area (Å²) in [5, 5.41) is 3.27. The predicted molar refractivity (Wildman–Crippen MR) is 79.2 cm³/mol. The zero-order valence-corrected chi connectivity index (χ0v) is 12.3. The zero-order valence-electron chi connectivity index (χ0n) is 12.3. The topological polar surface area (TPSA) is 41.6 Å². The van der Waals surface area contributed by atoms with Crippen LogP contribution in [0.5, 0.6) is 0 Å². The van der Waals surface area contributed by atoms with E-state index in [1.54, 1.807) is 0 Å². The van der Waals surface area contributed by atoms with E-state index < -0.39 is 0 Å². The van der Waals surface area contributed by atoms with Crippen LogP contribution in [0.15, 0.2) is 30.3 Å². The van der Waals surface area contributed by atoms with Crippen LogP contribution in [0, 0.1) is 5.92 Å². The molecule has 0 saturated carbocycles. The molecular weight excluding hydrogens is 252 g/mol. The van der Waals surface area contributed by atoms with Gasteiger partial charge in [0.2, 0.25) is 5.91 Å². The van der Waals surface area contributed by atoms with Gasteiger partial charge in [-0.05, 0) is 17.9 Å². The first-order valence-electron chi connectivity index (χ1n) is 7.33. The predicted octanol–water partition coefficient (Wildman–Crippen LogP) is 2.18. The highest BCUT2D eigenvalue weighted by Crippen LogP contribution is 2.20. The van der Waals surface area contributed by atoms with Crippen molar-refractivity contribution in [1.29, 1.82) is 0 Å². The summed E-state index contributed by atoms with van der Waals surface area (Å²) in [6.45, 7) is 7.17. The largest absolute Gasteiger partial charge is 0.381 e. The fourth-order valence-electron chi connectivity index (χ4n) is 2.32. The number of carbonyl (C=O) groups is 1. The molecule has 4 heteroatoms. The number of nitrogens with zero attached hydrogens (tertiary/aromatic N) is 1. The Morgan fingerprint density at radius 3 is 2.80 bits per heavy atom. The van der Waals surface area contributed by atoms with E-state index >= 15 is 0 Å². The van der Waals surface area contributed by atoms with E-state index in [2.05, 4.69) is 19.2 Å². The van der Waals surface area contributed by atoms with Crippen molar-refractivity contribution in [2.75, 3.05) is 26.4 Å². The smallest absolute Gasteiger partial charge is 0.245 e. The van der Waals surface area contributed by atoms with Gasteiger partial charge in [0.15, 0.2) is 0 Å². The van der Waals surface area contributed by atoms with E-state index in [4.69, 9.17) is 4.74 Å². The number of benzene rings is 1. The summed E-state index contributed by atoms with van der Waals surface area (Å²) in [6, 6.07) is 9.69. The lowest BCUT2D eigenvalue weighted by atomic mass is 10.1. The molecule has 1 aromatic carbocycles. The molecule has 1 fully saturated rings. The average molecular weight is 276 g/mol. The normalized spacial score (nSPS) is 19.1. The third kappa shape index (κ3) is 4.05. The second kappa shape index (κ2) is 7.41. The van der Waals surface area contributed by atoms with Gasteiger partial charge in [0, 0.05) is 19.8 Å². The van der Waals surface area contributed by atoms with Crippen molar-refractivity contribution in [3.05, 3.63) is 35.9 Å². The highest BCUT2D eigenvalue weighted by Gasteiger charge is 2.31. The maximum atomic E-state index is 12.3. The van der Waals surface area contributed by atoms with E-state index in [9.17, 15) is 4.79 Å². The Balaban J connectivity index is 1.74. The average Bonchev–Trinajstić information content (AvgIpc) is 2.80. The molecule has 1 saturated heterocycles. The third-order valence-corrected chi connectivity index (χ3v) is 3.35. The van der Waals surface area contributed by atoms with Gasteiger partial charge in [-0.2, -0.15) is 0 Å². The third-order valence-electron chi connectivity index (χ3n) is 3.35. The summed E-state index contributed by atoms with van der Waals surface area (Å²) in [5.74, 6) is 0.729. The number of ether oxygens (including phenoxy) is 1. The van der Waals surface area contributed by atoms with Crippen molar-refractivity contribution in [1.82, 2.24) is 10.2 Å². The fraction of sp³-hybridized carbons (Fsp3) is 0.562. The molecule has 1 N–H and O–H groups in total. The molecule has 0 spiro atoms. The number of hydrogen-bond donors (Lipinski definition) is 1. The molecule has 1 aromatic rings. The van der Waals surface area contributed by atoms with Crippen molar-refractivity contribution in [2.24, 2.45) is 5.92 Å². The standard InChI is InChI=1S/C16H24N2O2/c1-13(2)11-20-10-6-9-18-12-17-15(16(18)19)14-7-4-3-5-8-14/h3-5,7-8,13,15,17H,6,9-12H2,1-2H3. The minimum absolute atomic E-state index is 0.167. The minimum atomic E-state index is -0.187. The van der Waals surface area contributed by atoms with Gasteiger partial charge in [0.05, 0.1) is 6.67 Å². The van der Waals surface area contributed by atoms with Crippen LogP contribution in [-0.4, -0.2) is 37.2 Å². The van der Waals surface area contributed by atoms with E-state index in [0.29, 0.717) is 12.6 Å². The summed E-state index contributed by atoms with van der Waals surface area (Å²) in [4.78, 5) is 14.2. The first-order valence-corrected chi connectivity index (χ1v) is 7.33. The first-order chi connectivity index (χ1) is 9.68. The fourth-order valence-corrected chi connectivity index (χ4v) is 2.32. The van der Waals surface area contributed by atoms with Gasteiger partial charge in [-0.1, -0.05) is 44.2 Å². The van der Waals surface area contributed by atoms with Crippen molar-refractivity contribution in [2.45, 2.75) is 26.3 Å². The Bertz CT molecular complexity index is 420. The lowest BCUT2D eigenvalue weighted by Crippen LogP contribution is -2.28. The van der Waals surface area contributed by atoms with Gasteiger partial charge in [-0.3, -0.25) is 10.1 Å². The van der Waals surface area contributed by atoms with Crippen LogP contribution >= 0.6 is 0 Å². The Morgan fingerprint density at radius 2 is 2.10 bits per heavy atom. The lowest BCUT2D eigenvalue weighted by Gasteiger charge is -2.15. The molecule has 0 radical (unpaired) electrons. The highest BCUT2D eigenvalue weighted by molar-refractivity contribution is 5.85. The number of nitrogens with one attached hydrogen (secondary N) is 1. The van der Waals surface area contributed by atoms with Crippen molar-refractivity contribution in [3.63, 3.8) is 0 Å². The second-order valence-electron chi connectivity index (χ2n) is 5.63. The molecule has 0 aromatic heterocycles. The van der Waals surface area contributed by atoms with Crippen molar-refractivity contribution >= 4 is 5.91 Å². The van der Waals surface area contributed by atoms with Crippen LogP contribution in [0.3, 0.4) is 0 Å². The first kappa shape index (κ1) is 15.0.